The number of aromatic nitrogens is 5. The highest BCUT2D eigenvalue weighted by Gasteiger charge is 2.26. The molecule has 0 aliphatic carbocycles. The van der Waals surface area contributed by atoms with Gasteiger partial charge in [0.15, 0.2) is 5.82 Å². The van der Waals surface area contributed by atoms with Crippen LogP contribution in [0.1, 0.15) is 44.5 Å². The molecule has 0 radical (unpaired) electrons. The van der Waals surface area contributed by atoms with E-state index in [9.17, 15) is 27.2 Å². The quantitative estimate of drug-likeness (QED) is 0.251. The van der Waals surface area contributed by atoms with Crippen molar-refractivity contribution in [3.63, 3.8) is 0 Å². The van der Waals surface area contributed by atoms with E-state index in [-0.39, 0.29) is 28.0 Å². The van der Waals surface area contributed by atoms with Gasteiger partial charge in [-0.2, -0.15) is 13.9 Å². The number of anilines is 1. The standard InChI is InChI=1S/C26H21ClF4N6O2/c1-13-3-2-4-20(36-12-33-18(10-21(36)38)22-16(28)6-5-15(27)23(22)29)17-9-14(7-8-32-17)24-19(35-25(13)39)11-34-37(24)26(30)31/h5-13,20,26H,2-4H2,1H3,(H,35,39). The van der Waals surface area contributed by atoms with Crippen LogP contribution in [0.15, 0.2) is 53.8 Å². The van der Waals surface area contributed by atoms with E-state index in [0.29, 0.717) is 35.2 Å². The number of nitrogens with one attached hydrogen (secondary N) is 1. The summed E-state index contributed by atoms with van der Waals surface area (Å²) >= 11 is 5.79. The maximum Gasteiger partial charge on any atom is 0.333 e. The minimum absolute atomic E-state index is 0.0127. The second-order valence-corrected chi connectivity index (χ2v) is 9.58. The summed E-state index contributed by atoms with van der Waals surface area (Å²) < 4.78 is 58.3. The monoisotopic (exact) mass is 560 g/mol. The SMILES string of the molecule is CC1CCCC(n2cnc(-c3c(F)ccc(Cl)c3F)cc2=O)c2cc(ccn2)-c2c(cnn2C(F)F)NC1=O. The van der Waals surface area contributed by atoms with Crippen LogP contribution in [-0.2, 0) is 4.79 Å². The highest BCUT2D eigenvalue weighted by molar-refractivity contribution is 6.31. The van der Waals surface area contributed by atoms with Gasteiger partial charge in [0.05, 0.1) is 51.9 Å². The van der Waals surface area contributed by atoms with Crippen LogP contribution in [0.2, 0.25) is 5.02 Å². The van der Waals surface area contributed by atoms with Crippen LogP contribution in [0, 0.1) is 17.6 Å². The van der Waals surface area contributed by atoms with Gasteiger partial charge >= 0.3 is 6.55 Å². The largest absolute Gasteiger partial charge is 0.333 e. The van der Waals surface area contributed by atoms with E-state index in [0.717, 1.165) is 30.7 Å². The second kappa shape index (κ2) is 10.6. The number of nitrogens with zero attached hydrogens (tertiary/aromatic N) is 5. The predicted octanol–water partition coefficient (Wildman–Crippen LogP) is 5.84. The number of carbonyl (C=O) groups is 1. The van der Waals surface area contributed by atoms with Gasteiger partial charge in [-0.3, -0.25) is 19.1 Å². The molecule has 202 valence electrons. The summed E-state index contributed by atoms with van der Waals surface area (Å²) in [7, 11) is 0. The number of rotatable bonds is 3. The Hall–Kier alpha value is -4.06. The average molecular weight is 561 g/mol. The van der Waals surface area contributed by atoms with Gasteiger partial charge in [0, 0.05) is 23.7 Å². The summed E-state index contributed by atoms with van der Waals surface area (Å²) in [5, 5.41) is 6.11. The third-order valence-corrected chi connectivity index (χ3v) is 6.96. The molecule has 1 N–H and O–H groups in total. The number of fused-ring (bicyclic) bond motifs is 4. The van der Waals surface area contributed by atoms with E-state index in [1.165, 1.54) is 22.9 Å². The van der Waals surface area contributed by atoms with E-state index in [1.54, 1.807) is 6.92 Å². The fraction of sp³-hybridized carbons (Fsp3) is 0.269. The zero-order valence-corrected chi connectivity index (χ0v) is 21.2. The van der Waals surface area contributed by atoms with E-state index < -0.39 is 41.3 Å². The second-order valence-electron chi connectivity index (χ2n) is 9.17. The van der Waals surface area contributed by atoms with Crippen LogP contribution in [-0.4, -0.2) is 30.2 Å². The van der Waals surface area contributed by atoms with Crippen LogP contribution < -0.4 is 10.9 Å². The fourth-order valence-corrected chi connectivity index (χ4v) is 4.80. The molecule has 3 aromatic heterocycles. The maximum atomic E-state index is 14.6. The molecule has 2 bridgehead atoms. The zero-order valence-electron chi connectivity index (χ0n) is 20.4. The van der Waals surface area contributed by atoms with E-state index >= 15 is 0 Å². The summed E-state index contributed by atoms with van der Waals surface area (Å²) in [5.74, 6) is -2.80. The number of carbonyl (C=O) groups excluding carboxylic acids is 1. The molecule has 1 aliphatic heterocycles. The summed E-state index contributed by atoms with van der Waals surface area (Å²) in [6, 6.07) is 5.36. The first-order valence-electron chi connectivity index (χ1n) is 12.0. The molecule has 0 saturated carbocycles. The average Bonchev–Trinajstić information content (AvgIpc) is 3.33. The molecule has 5 rings (SSSR count). The number of hydrogen-bond acceptors (Lipinski definition) is 5. The van der Waals surface area contributed by atoms with Crippen molar-refractivity contribution >= 4 is 23.2 Å². The lowest BCUT2D eigenvalue weighted by Gasteiger charge is -2.22. The first-order chi connectivity index (χ1) is 18.7. The predicted molar refractivity (Wildman–Crippen MR) is 135 cm³/mol. The lowest BCUT2D eigenvalue weighted by Crippen LogP contribution is -2.27. The molecular weight excluding hydrogens is 540 g/mol. The van der Waals surface area contributed by atoms with Gasteiger partial charge in [-0.25, -0.2) is 18.4 Å². The van der Waals surface area contributed by atoms with Crippen molar-refractivity contribution in [3.8, 4) is 22.5 Å². The normalized spacial score (nSPS) is 17.8. The van der Waals surface area contributed by atoms with Crippen molar-refractivity contribution in [3.05, 3.63) is 81.8 Å². The summed E-state index contributed by atoms with van der Waals surface area (Å²) in [6.07, 6.45) is 5.00. The summed E-state index contributed by atoms with van der Waals surface area (Å²) in [4.78, 5) is 34.5. The summed E-state index contributed by atoms with van der Waals surface area (Å²) in [6.45, 7) is -1.27. The third-order valence-electron chi connectivity index (χ3n) is 6.67. The van der Waals surface area contributed by atoms with Gasteiger partial charge in [0.2, 0.25) is 5.91 Å². The lowest BCUT2D eigenvalue weighted by atomic mass is 9.97. The van der Waals surface area contributed by atoms with Crippen LogP contribution in [0.25, 0.3) is 22.5 Å². The van der Waals surface area contributed by atoms with Crippen LogP contribution in [0.4, 0.5) is 23.2 Å². The molecular formula is C26H21ClF4N6O2. The Balaban J connectivity index is 1.63. The maximum absolute atomic E-state index is 14.6. The van der Waals surface area contributed by atoms with Gasteiger partial charge < -0.3 is 5.32 Å². The Labute approximate surface area is 224 Å². The highest BCUT2D eigenvalue weighted by Crippen LogP contribution is 2.35. The van der Waals surface area contributed by atoms with Crippen molar-refractivity contribution in [2.24, 2.45) is 5.92 Å². The molecule has 39 heavy (non-hydrogen) atoms. The van der Waals surface area contributed by atoms with Crippen molar-refractivity contribution < 1.29 is 22.4 Å². The first-order valence-corrected chi connectivity index (χ1v) is 12.4. The molecule has 8 nitrogen and oxygen atoms in total. The van der Waals surface area contributed by atoms with E-state index in [2.05, 4.69) is 20.4 Å². The fourth-order valence-electron chi connectivity index (χ4n) is 4.64. The van der Waals surface area contributed by atoms with Crippen molar-refractivity contribution in [1.82, 2.24) is 24.3 Å². The number of alkyl halides is 2. The lowest BCUT2D eigenvalue weighted by molar-refractivity contribution is -0.119. The number of amides is 1. The number of hydrogen-bond donors (Lipinski definition) is 1. The van der Waals surface area contributed by atoms with Crippen LogP contribution >= 0.6 is 11.6 Å². The Bertz CT molecular complexity index is 1620. The highest BCUT2D eigenvalue weighted by atomic mass is 35.5. The Morgan fingerprint density at radius 2 is 1.90 bits per heavy atom. The Morgan fingerprint density at radius 1 is 1.10 bits per heavy atom. The minimum atomic E-state index is -2.98. The zero-order chi connectivity index (χ0) is 27.8. The van der Waals surface area contributed by atoms with Gasteiger partial charge in [0.25, 0.3) is 5.56 Å². The molecule has 13 heteroatoms. The molecule has 0 spiro atoms. The topological polar surface area (TPSA) is 94.7 Å². The molecule has 2 unspecified atom stereocenters. The third kappa shape index (κ3) is 5.03. The summed E-state index contributed by atoms with van der Waals surface area (Å²) in [5.41, 5.74) is -0.606. The van der Waals surface area contributed by atoms with Gasteiger partial charge in [-0.1, -0.05) is 24.9 Å². The molecule has 1 aromatic carbocycles. The minimum Gasteiger partial charge on any atom is -0.323 e. The Kier molecular flexibility index (Phi) is 7.21. The molecule has 1 amide bonds. The van der Waals surface area contributed by atoms with E-state index in [1.807, 2.05) is 0 Å². The van der Waals surface area contributed by atoms with Crippen molar-refractivity contribution in [1.29, 1.82) is 0 Å². The van der Waals surface area contributed by atoms with Gasteiger partial charge in [-0.15, -0.1) is 0 Å². The van der Waals surface area contributed by atoms with Crippen LogP contribution in [0.3, 0.4) is 0 Å². The van der Waals surface area contributed by atoms with Gasteiger partial charge in [-0.05, 0) is 37.1 Å². The number of pyridine rings is 1. The van der Waals surface area contributed by atoms with E-state index in [4.69, 9.17) is 11.6 Å². The molecule has 1 aliphatic rings. The van der Waals surface area contributed by atoms with Crippen molar-refractivity contribution in [2.75, 3.05) is 5.32 Å². The smallest absolute Gasteiger partial charge is 0.323 e. The van der Waals surface area contributed by atoms with Gasteiger partial charge in [0.1, 0.15) is 5.82 Å². The first kappa shape index (κ1) is 26.5. The molecule has 4 aromatic rings. The van der Waals surface area contributed by atoms with Crippen molar-refractivity contribution in [2.45, 2.75) is 38.8 Å². The molecule has 0 saturated heterocycles. The Morgan fingerprint density at radius 3 is 2.64 bits per heavy atom. The molecule has 0 fully saturated rings. The number of benzene rings is 1. The molecule has 4 heterocycles. The van der Waals surface area contributed by atoms with Crippen LogP contribution in [0.5, 0.6) is 0 Å². The molecule has 2 atom stereocenters. The number of halogens is 5.